The minimum atomic E-state index is -0.634. The molecule has 84 valence electrons. The Labute approximate surface area is 105 Å². The zero-order chi connectivity index (χ0) is 11.5. The van der Waals surface area contributed by atoms with E-state index in [-0.39, 0.29) is 5.82 Å². The van der Waals surface area contributed by atoms with Gasteiger partial charge in [0, 0.05) is 12.6 Å². The van der Waals surface area contributed by atoms with Crippen LogP contribution in [0.5, 0.6) is 0 Å². The average Bonchev–Trinajstić information content (AvgIpc) is 2.78. The molecule has 16 heavy (non-hydrogen) atoms. The molecule has 0 aliphatic carbocycles. The second-order valence-corrected chi connectivity index (χ2v) is 5.05. The first-order valence-corrected chi connectivity index (χ1v) is 6.35. The molecule has 0 fully saturated rings. The van der Waals surface area contributed by atoms with E-state index in [1.165, 1.54) is 17.4 Å². The molecule has 0 aliphatic heterocycles. The van der Waals surface area contributed by atoms with Crippen molar-refractivity contribution < 1.29 is 9.50 Å². The monoisotopic (exact) mass is 301 g/mol. The van der Waals surface area contributed by atoms with Gasteiger partial charge in [-0.25, -0.2) is 4.39 Å². The van der Waals surface area contributed by atoms with Crippen molar-refractivity contribution in [1.82, 2.24) is 4.98 Å². The predicted molar refractivity (Wildman–Crippen MR) is 64.9 cm³/mol. The van der Waals surface area contributed by atoms with Crippen LogP contribution in [-0.4, -0.2) is 10.1 Å². The van der Waals surface area contributed by atoms with E-state index in [1.807, 2.05) is 0 Å². The summed E-state index contributed by atoms with van der Waals surface area (Å²) in [6.07, 6.45) is 1.37. The molecule has 0 bridgehead atoms. The Morgan fingerprint density at radius 1 is 1.50 bits per heavy atom. The first kappa shape index (κ1) is 11.7. The van der Waals surface area contributed by atoms with Crippen LogP contribution in [-0.2, 0) is 6.42 Å². The Hall–Kier alpha value is -0.780. The molecular weight excluding hydrogens is 293 g/mol. The van der Waals surface area contributed by atoms with Crippen LogP contribution < -0.4 is 0 Å². The minimum absolute atomic E-state index is 0.311. The molecule has 1 heterocycles. The fourth-order valence-electron chi connectivity index (χ4n) is 1.41. The normalized spacial score (nSPS) is 12.7. The number of nitrogens with zero attached hydrogens (tertiary/aromatic N) is 1. The summed E-state index contributed by atoms with van der Waals surface area (Å²) in [4.78, 5) is 4.69. The second kappa shape index (κ2) is 5.03. The van der Waals surface area contributed by atoms with Crippen LogP contribution >= 0.6 is 27.3 Å². The lowest BCUT2D eigenvalue weighted by molar-refractivity contribution is 0.181. The standard InChI is InChI=1S/C11H9BrFNOS/c12-11-7(2-1-3-8(11)13)4-9(15)10-5-14-6-16-10/h1-3,5-6,9,15H,4H2. The van der Waals surface area contributed by atoms with Gasteiger partial charge >= 0.3 is 0 Å². The SMILES string of the molecule is OC(Cc1cccc(F)c1Br)c1cncs1. The first-order chi connectivity index (χ1) is 7.68. The van der Waals surface area contributed by atoms with E-state index in [0.29, 0.717) is 10.9 Å². The Morgan fingerprint density at radius 2 is 2.31 bits per heavy atom. The molecule has 0 saturated heterocycles. The highest BCUT2D eigenvalue weighted by Crippen LogP contribution is 2.27. The summed E-state index contributed by atoms with van der Waals surface area (Å²) in [5, 5.41) is 9.91. The zero-order valence-corrected chi connectivity index (χ0v) is 10.6. The summed E-state index contributed by atoms with van der Waals surface area (Å²) in [6, 6.07) is 4.80. The third-order valence-corrected chi connectivity index (χ3v) is 3.99. The number of aliphatic hydroxyl groups excluding tert-OH is 1. The van der Waals surface area contributed by atoms with Gasteiger partial charge in [0.1, 0.15) is 5.82 Å². The Morgan fingerprint density at radius 3 is 3.00 bits per heavy atom. The number of halogens is 2. The smallest absolute Gasteiger partial charge is 0.137 e. The largest absolute Gasteiger partial charge is 0.387 e. The number of hydrogen-bond acceptors (Lipinski definition) is 3. The van der Waals surface area contributed by atoms with Gasteiger partial charge in [-0.3, -0.25) is 4.98 Å². The second-order valence-electron chi connectivity index (χ2n) is 3.34. The van der Waals surface area contributed by atoms with Crippen LogP contribution in [0.3, 0.4) is 0 Å². The van der Waals surface area contributed by atoms with Crippen molar-refractivity contribution in [3.63, 3.8) is 0 Å². The van der Waals surface area contributed by atoms with Crippen molar-refractivity contribution in [1.29, 1.82) is 0 Å². The van der Waals surface area contributed by atoms with Crippen LogP contribution in [0.2, 0.25) is 0 Å². The highest BCUT2D eigenvalue weighted by molar-refractivity contribution is 9.10. The number of hydrogen-bond donors (Lipinski definition) is 1. The van der Waals surface area contributed by atoms with E-state index in [4.69, 9.17) is 0 Å². The van der Waals surface area contributed by atoms with Gasteiger partial charge in [0.05, 0.1) is 21.0 Å². The lowest BCUT2D eigenvalue weighted by Gasteiger charge is -2.09. The van der Waals surface area contributed by atoms with E-state index < -0.39 is 6.10 Å². The summed E-state index contributed by atoms with van der Waals surface area (Å²) in [5.41, 5.74) is 2.42. The third kappa shape index (κ3) is 2.48. The maximum Gasteiger partial charge on any atom is 0.137 e. The van der Waals surface area contributed by atoms with Crippen molar-refractivity contribution in [3.05, 3.63) is 50.6 Å². The summed E-state index contributed by atoms with van der Waals surface area (Å²) < 4.78 is 13.6. The van der Waals surface area contributed by atoms with E-state index in [2.05, 4.69) is 20.9 Å². The van der Waals surface area contributed by atoms with Gasteiger partial charge in [0.15, 0.2) is 0 Å². The lowest BCUT2D eigenvalue weighted by Crippen LogP contribution is -2.01. The molecule has 1 atom stereocenters. The highest BCUT2D eigenvalue weighted by atomic mass is 79.9. The molecule has 0 spiro atoms. The topological polar surface area (TPSA) is 33.1 Å². The van der Waals surface area contributed by atoms with E-state index in [1.54, 1.807) is 23.8 Å². The molecule has 1 aromatic carbocycles. The molecular formula is C11H9BrFNOS. The lowest BCUT2D eigenvalue weighted by atomic mass is 10.1. The fraction of sp³-hybridized carbons (Fsp3) is 0.182. The van der Waals surface area contributed by atoms with Crippen LogP contribution in [0.1, 0.15) is 16.5 Å². The van der Waals surface area contributed by atoms with Gasteiger partial charge in [-0.1, -0.05) is 12.1 Å². The quantitative estimate of drug-likeness (QED) is 0.943. The summed E-state index contributed by atoms with van der Waals surface area (Å²) in [6.45, 7) is 0. The van der Waals surface area contributed by atoms with Gasteiger partial charge < -0.3 is 5.11 Å². The van der Waals surface area contributed by atoms with Crippen LogP contribution in [0.25, 0.3) is 0 Å². The number of benzene rings is 1. The number of rotatable bonds is 3. The van der Waals surface area contributed by atoms with Gasteiger partial charge in [-0.05, 0) is 27.6 Å². The van der Waals surface area contributed by atoms with E-state index >= 15 is 0 Å². The molecule has 1 aromatic heterocycles. The molecule has 0 aliphatic rings. The molecule has 2 aromatic rings. The Bertz CT molecular complexity index is 475. The first-order valence-electron chi connectivity index (χ1n) is 4.68. The minimum Gasteiger partial charge on any atom is -0.387 e. The molecule has 2 rings (SSSR count). The van der Waals surface area contributed by atoms with E-state index in [0.717, 1.165) is 10.4 Å². The molecule has 0 saturated carbocycles. The third-order valence-electron chi connectivity index (χ3n) is 2.22. The summed E-state index contributed by atoms with van der Waals surface area (Å²) in [7, 11) is 0. The van der Waals surface area contributed by atoms with Crippen LogP contribution in [0, 0.1) is 5.82 Å². The maximum atomic E-state index is 13.2. The zero-order valence-electron chi connectivity index (χ0n) is 8.23. The molecule has 1 N–H and O–H groups in total. The Kier molecular flexibility index (Phi) is 3.68. The fourth-order valence-corrected chi connectivity index (χ4v) is 2.44. The number of thiazole rings is 1. The van der Waals surface area contributed by atoms with Gasteiger partial charge in [0.2, 0.25) is 0 Å². The van der Waals surface area contributed by atoms with E-state index in [9.17, 15) is 9.50 Å². The molecule has 0 radical (unpaired) electrons. The maximum absolute atomic E-state index is 13.2. The van der Waals surface area contributed by atoms with Crippen molar-refractivity contribution in [3.8, 4) is 0 Å². The molecule has 0 amide bonds. The highest BCUT2D eigenvalue weighted by Gasteiger charge is 2.13. The number of aromatic nitrogens is 1. The van der Waals surface area contributed by atoms with Crippen molar-refractivity contribution >= 4 is 27.3 Å². The predicted octanol–water partition coefficient (Wildman–Crippen LogP) is 3.32. The molecule has 2 nitrogen and oxygen atoms in total. The summed E-state index contributed by atoms with van der Waals surface area (Å²) >= 11 is 4.56. The van der Waals surface area contributed by atoms with Gasteiger partial charge in [-0.15, -0.1) is 11.3 Å². The average molecular weight is 302 g/mol. The van der Waals surface area contributed by atoms with Crippen LogP contribution in [0.4, 0.5) is 4.39 Å². The van der Waals surface area contributed by atoms with Crippen molar-refractivity contribution in [2.75, 3.05) is 0 Å². The van der Waals surface area contributed by atoms with Gasteiger partial charge in [-0.2, -0.15) is 0 Å². The Balaban J connectivity index is 2.18. The van der Waals surface area contributed by atoms with Crippen molar-refractivity contribution in [2.24, 2.45) is 0 Å². The van der Waals surface area contributed by atoms with Crippen molar-refractivity contribution in [2.45, 2.75) is 12.5 Å². The van der Waals surface area contributed by atoms with Gasteiger partial charge in [0.25, 0.3) is 0 Å². The number of aliphatic hydroxyl groups is 1. The van der Waals surface area contributed by atoms with Crippen LogP contribution in [0.15, 0.2) is 34.4 Å². The molecule has 5 heteroatoms. The summed E-state index contributed by atoms with van der Waals surface area (Å²) in [5.74, 6) is -0.311. The molecule has 1 unspecified atom stereocenters.